The third kappa shape index (κ3) is 3.59. The highest BCUT2D eigenvalue weighted by Gasteiger charge is 2.12. The van der Waals surface area contributed by atoms with Gasteiger partial charge in [0.2, 0.25) is 10.0 Å². The number of rotatable bonds is 3. The lowest BCUT2D eigenvalue weighted by molar-refractivity contribution is -0.116. The second-order valence-corrected chi connectivity index (χ2v) is 5.02. The number of hydrogen-bond acceptors (Lipinski definition) is 3. The summed E-state index contributed by atoms with van der Waals surface area (Å²) in [5, 5.41) is 7.52. The molecule has 1 atom stereocenters. The molecule has 6 heteroatoms. The quantitative estimate of drug-likeness (QED) is 0.750. The van der Waals surface area contributed by atoms with E-state index in [1.54, 1.807) is 19.1 Å². The number of benzene rings is 1. The molecule has 1 unspecified atom stereocenters. The minimum atomic E-state index is -3.75. The van der Waals surface area contributed by atoms with Crippen LogP contribution in [0.15, 0.2) is 29.2 Å². The van der Waals surface area contributed by atoms with Crippen LogP contribution >= 0.6 is 0 Å². The number of hydrogen-bond donors (Lipinski definition) is 2. The Balaban J connectivity index is 3.01. The summed E-state index contributed by atoms with van der Waals surface area (Å²) in [6.45, 7) is 1.69. The largest absolute Gasteiger partial charge is 0.339 e. The Morgan fingerprint density at radius 2 is 2.18 bits per heavy atom. The molecule has 0 heterocycles. The van der Waals surface area contributed by atoms with Gasteiger partial charge in [0.05, 0.1) is 10.9 Å². The number of terminal acetylenes is 1. The molecule has 0 radical (unpaired) electrons. The molecule has 0 saturated carbocycles. The van der Waals surface area contributed by atoms with Crippen LogP contribution in [0.4, 0.5) is 0 Å². The van der Waals surface area contributed by atoms with Gasteiger partial charge in [-0.1, -0.05) is 12.1 Å². The molecule has 1 aromatic carbocycles. The highest BCUT2D eigenvalue weighted by atomic mass is 32.2. The fraction of sp³-hybridized carbons (Fsp3) is 0.182. The van der Waals surface area contributed by atoms with Crippen LogP contribution in [0.2, 0.25) is 0 Å². The van der Waals surface area contributed by atoms with Gasteiger partial charge in [-0.2, -0.15) is 0 Å². The summed E-state index contributed by atoms with van der Waals surface area (Å²) in [6, 6.07) is 5.62. The molecule has 0 aliphatic carbocycles. The molecular weight excluding hydrogens is 240 g/mol. The third-order valence-corrected chi connectivity index (χ3v) is 3.08. The predicted molar refractivity (Wildman–Crippen MR) is 63.2 cm³/mol. The van der Waals surface area contributed by atoms with Crippen LogP contribution in [0.5, 0.6) is 0 Å². The van der Waals surface area contributed by atoms with E-state index in [9.17, 15) is 13.2 Å². The van der Waals surface area contributed by atoms with Gasteiger partial charge in [-0.05, 0) is 30.5 Å². The summed E-state index contributed by atoms with van der Waals surface area (Å²) in [6.07, 6.45) is 4.92. The Bertz CT molecular complexity index is 573. The van der Waals surface area contributed by atoms with Crippen LogP contribution in [0, 0.1) is 12.3 Å². The molecule has 0 bridgehead atoms. The highest BCUT2D eigenvalue weighted by molar-refractivity contribution is 7.89. The van der Waals surface area contributed by atoms with Crippen molar-refractivity contribution in [2.75, 3.05) is 0 Å². The second-order valence-electron chi connectivity index (χ2n) is 3.46. The number of amides is 1. The van der Waals surface area contributed by atoms with Crippen molar-refractivity contribution < 1.29 is 13.2 Å². The Kier molecular flexibility index (Phi) is 3.89. The van der Waals surface area contributed by atoms with Gasteiger partial charge in [-0.15, -0.1) is 6.42 Å². The molecule has 0 aromatic heterocycles. The van der Waals surface area contributed by atoms with E-state index < -0.39 is 15.9 Å². The van der Waals surface area contributed by atoms with Gasteiger partial charge in [0.15, 0.2) is 0 Å². The minimum absolute atomic E-state index is 0.00296. The molecule has 1 amide bonds. The predicted octanol–water partition coefficient (Wildman–Crippen LogP) is 0.144. The number of carbonyl (C=O) groups excluding carboxylic acids is 1. The number of sulfonamides is 1. The van der Waals surface area contributed by atoms with E-state index in [1.165, 1.54) is 12.1 Å². The molecule has 0 aliphatic heterocycles. The Morgan fingerprint density at radius 3 is 2.71 bits per heavy atom. The first-order valence-corrected chi connectivity index (χ1v) is 6.29. The summed E-state index contributed by atoms with van der Waals surface area (Å²) in [5.74, 6) is 1.36. The maximum atomic E-state index is 11.1. The zero-order valence-corrected chi connectivity index (χ0v) is 9.99. The molecule has 17 heavy (non-hydrogen) atoms. The average Bonchev–Trinajstić information content (AvgIpc) is 2.28. The SMILES string of the molecule is C#CC(=O)NC(C)c1cccc(S(N)(=O)=O)c1. The van der Waals surface area contributed by atoms with Crippen molar-refractivity contribution >= 4 is 15.9 Å². The van der Waals surface area contributed by atoms with E-state index in [2.05, 4.69) is 5.32 Å². The molecule has 90 valence electrons. The number of carbonyl (C=O) groups is 1. The van der Waals surface area contributed by atoms with Crippen LogP contribution in [-0.4, -0.2) is 14.3 Å². The summed E-state index contributed by atoms with van der Waals surface area (Å²) in [7, 11) is -3.75. The standard InChI is InChI=1S/C11H12N2O3S/c1-3-11(14)13-8(2)9-5-4-6-10(7-9)17(12,15)16/h1,4-8H,2H3,(H,13,14)(H2,12,15,16). The van der Waals surface area contributed by atoms with Gasteiger partial charge in [0.1, 0.15) is 0 Å². The summed E-state index contributed by atoms with van der Waals surface area (Å²) in [4.78, 5) is 11.0. The maximum Gasteiger partial charge on any atom is 0.296 e. The Morgan fingerprint density at radius 1 is 1.53 bits per heavy atom. The van der Waals surface area contributed by atoms with Gasteiger partial charge in [0, 0.05) is 0 Å². The fourth-order valence-corrected chi connectivity index (χ4v) is 1.85. The van der Waals surface area contributed by atoms with E-state index in [4.69, 9.17) is 11.6 Å². The lowest BCUT2D eigenvalue weighted by Crippen LogP contribution is -2.25. The highest BCUT2D eigenvalue weighted by Crippen LogP contribution is 2.16. The van der Waals surface area contributed by atoms with E-state index in [-0.39, 0.29) is 10.9 Å². The van der Waals surface area contributed by atoms with Gasteiger partial charge in [-0.25, -0.2) is 13.6 Å². The monoisotopic (exact) mass is 252 g/mol. The van der Waals surface area contributed by atoms with Crippen molar-refractivity contribution in [1.82, 2.24) is 5.32 Å². The fourth-order valence-electron chi connectivity index (χ4n) is 1.28. The van der Waals surface area contributed by atoms with Crippen molar-refractivity contribution in [3.05, 3.63) is 29.8 Å². The Hall–Kier alpha value is -1.84. The normalized spacial score (nSPS) is 12.5. The van der Waals surface area contributed by atoms with Crippen LogP contribution in [0.1, 0.15) is 18.5 Å². The molecule has 0 fully saturated rings. The topological polar surface area (TPSA) is 89.3 Å². The number of nitrogens with two attached hydrogens (primary N) is 1. The first-order chi connectivity index (χ1) is 7.84. The molecule has 5 nitrogen and oxygen atoms in total. The molecular formula is C11H12N2O3S. The van der Waals surface area contributed by atoms with Crippen LogP contribution in [0.25, 0.3) is 0 Å². The summed E-state index contributed by atoms with van der Waals surface area (Å²) >= 11 is 0. The van der Waals surface area contributed by atoms with Gasteiger partial charge >= 0.3 is 0 Å². The van der Waals surface area contributed by atoms with Crippen LogP contribution in [0.3, 0.4) is 0 Å². The zero-order valence-electron chi connectivity index (χ0n) is 9.17. The van der Waals surface area contributed by atoms with Crippen molar-refractivity contribution in [3.8, 4) is 12.3 Å². The minimum Gasteiger partial charge on any atom is -0.339 e. The van der Waals surface area contributed by atoms with Gasteiger partial charge in [0.25, 0.3) is 5.91 Å². The average molecular weight is 252 g/mol. The van der Waals surface area contributed by atoms with E-state index in [0.717, 1.165) is 0 Å². The van der Waals surface area contributed by atoms with Crippen LogP contribution < -0.4 is 10.5 Å². The smallest absolute Gasteiger partial charge is 0.296 e. The first kappa shape index (κ1) is 13.2. The second kappa shape index (κ2) is 4.99. The maximum absolute atomic E-state index is 11.1. The first-order valence-electron chi connectivity index (χ1n) is 4.74. The molecule has 3 N–H and O–H groups in total. The van der Waals surface area contributed by atoms with E-state index in [0.29, 0.717) is 5.56 Å². The van der Waals surface area contributed by atoms with E-state index in [1.807, 2.05) is 5.92 Å². The van der Waals surface area contributed by atoms with Crippen molar-refractivity contribution in [2.45, 2.75) is 17.9 Å². The molecule has 0 aliphatic rings. The molecule has 1 rings (SSSR count). The lowest BCUT2D eigenvalue weighted by Gasteiger charge is -2.12. The molecule has 0 spiro atoms. The van der Waals surface area contributed by atoms with Crippen molar-refractivity contribution in [2.24, 2.45) is 5.14 Å². The number of primary sulfonamides is 1. The Labute approximate surface area is 100 Å². The van der Waals surface area contributed by atoms with Crippen molar-refractivity contribution in [3.63, 3.8) is 0 Å². The molecule has 0 saturated heterocycles. The lowest BCUT2D eigenvalue weighted by atomic mass is 10.1. The van der Waals surface area contributed by atoms with Crippen LogP contribution in [-0.2, 0) is 14.8 Å². The third-order valence-electron chi connectivity index (χ3n) is 2.17. The summed E-state index contributed by atoms with van der Waals surface area (Å²) < 4.78 is 22.3. The zero-order chi connectivity index (χ0) is 13.1. The van der Waals surface area contributed by atoms with Gasteiger partial charge < -0.3 is 5.32 Å². The van der Waals surface area contributed by atoms with Crippen molar-refractivity contribution in [1.29, 1.82) is 0 Å². The molecule has 1 aromatic rings. The summed E-state index contributed by atoms with van der Waals surface area (Å²) in [5.41, 5.74) is 0.611. The van der Waals surface area contributed by atoms with Gasteiger partial charge in [-0.3, -0.25) is 4.79 Å². The van der Waals surface area contributed by atoms with E-state index >= 15 is 0 Å². The number of nitrogens with one attached hydrogen (secondary N) is 1.